The Labute approximate surface area is 143 Å². The van der Waals surface area contributed by atoms with E-state index in [-0.39, 0.29) is 30.7 Å². The first-order chi connectivity index (χ1) is 9.66. The zero-order valence-corrected chi connectivity index (χ0v) is 14.5. The third-order valence-corrected chi connectivity index (χ3v) is 4.76. The Hall–Kier alpha value is -0.560. The van der Waals surface area contributed by atoms with Crippen molar-refractivity contribution >= 4 is 36.8 Å². The highest BCUT2D eigenvalue weighted by Crippen LogP contribution is 2.34. The van der Waals surface area contributed by atoms with E-state index in [1.807, 2.05) is 6.92 Å². The lowest BCUT2D eigenvalue weighted by atomic mass is 9.89. The normalized spacial score (nSPS) is 30.0. The molecule has 1 spiro atoms. The molecule has 3 aliphatic rings. The first-order valence-electron chi connectivity index (χ1n) is 7.66. The van der Waals surface area contributed by atoms with E-state index < -0.39 is 11.7 Å². The Balaban J connectivity index is 0.00000121. The molecule has 0 aliphatic carbocycles. The summed E-state index contributed by atoms with van der Waals surface area (Å²) < 4.78 is 5.51. The van der Waals surface area contributed by atoms with Crippen molar-refractivity contribution in [3.05, 3.63) is 0 Å². The zero-order chi connectivity index (χ0) is 14.2. The monoisotopic (exact) mass is 353 g/mol. The topological polar surface area (TPSA) is 61.9 Å². The van der Waals surface area contributed by atoms with Gasteiger partial charge in [0.25, 0.3) is 5.91 Å². The van der Waals surface area contributed by atoms with Crippen molar-refractivity contribution in [3.8, 4) is 0 Å². The average Bonchev–Trinajstić information content (AvgIpc) is 2.70. The number of ether oxygens (including phenoxy) is 1. The van der Waals surface area contributed by atoms with E-state index in [2.05, 4.69) is 10.2 Å². The Morgan fingerprint density at radius 2 is 1.95 bits per heavy atom. The lowest BCUT2D eigenvalue weighted by molar-refractivity contribution is -0.142. The molecule has 128 valence electrons. The van der Waals surface area contributed by atoms with Crippen molar-refractivity contribution in [1.82, 2.24) is 15.1 Å². The molecule has 0 aromatic carbocycles. The summed E-state index contributed by atoms with van der Waals surface area (Å²) in [5, 5.41) is 3.36. The Morgan fingerprint density at radius 1 is 1.27 bits per heavy atom. The van der Waals surface area contributed by atoms with E-state index in [0.717, 1.165) is 38.9 Å². The number of nitrogens with one attached hydrogen (secondary N) is 1. The molecule has 0 bridgehead atoms. The van der Waals surface area contributed by atoms with Gasteiger partial charge in [0, 0.05) is 19.1 Å². The number of hydrogen-bond donors (Lipinski definition) is 1. The summed E-state index contributed by atoms with van der Waals surface area (Å²) in [6.07, 6.45) is 3.33. The van der Waals surface area contributed by atoms with Crippen LogP contribution in [0.2, 0.25) is 0 Å². The van der Waals surface area contributed by atoms with Gasteiger partial charge in [-0.25, -0.2) is 9.69 Å². The molecule has 2 amide bonds. The van der Waals surface area contributed by atoms with Gasteiger partial charge in [0.2, 0.25) is 5.60 Å². The first kappa shape index (κ1) is 19.5. The standard InChI is InChI=1S/C14H23N3O3.2ClH/c1-2-17-12(18)14(20-13(17)19)6-3-9-16(10-14)11-4-7-15-8-5-11;;/h11,15H,2-10H2,1H3;2*1H. The lowest BCUT2D eigenvalue weighted by Gasteiger charge is -2.42. The van der Waals surface area contributed by atoms with Gasteiger partial charge in [-0.05, 0) is 52.2 Å². The zero-order valence-electron chi connectivity index (χ0n) is 12.9. The van der Waals surface area contributed by atoms with Crippen molar-refractivity contribution < 1.29 is 14.3 Å². The second-order valence-electron chi connectivity index (χ2n) is 5.97. The summed E-state index contributed by atoms with van der Waals surface area (Å²) in [6.45, 7) is 5.84. The fourth-order valence-electron chi connectivity index (χ4n) is 3.66. The molecule has 1 N–H and O–H groups in total. The number of imide groups is 1. The number of amides is 2. The maximum Gasteiger partial charge on any atom is 0.417 e. The van der Waals surface area contributed by atoms with E-state index in [1.165, 1.54) is 4.90 Å². The largest absolute Gasteiger partial charge is 0.431 e. The number of hydrogen-bond acceptors (Lipinski definition) is 5. The molecule has 22 heavy (non-hydrogen) atoms. The Bertz CT molecular complexity index is 418. The smallest absolute Gasteiger partial charge is 0.417 e. The summed E-state index contributed by atoms with van der Waals surface area (Å²) in [5.41, 5.74) is -0.907. The lowest BCUT2D eigenvalue weighted by Crippen LogP contribution is -2.57. The van der Waals surface area contributed by atoms with Gasteiger partial charge in [0.15, 0.2) is 0 Å². The molecule has 8 heteroatoms. The number of nitrogens with zero attached hydrogens (tertiary/aromatic N) is 2. The highest BCUT2D eigenvalue weighted by Gasteiger charge is 2.55. The van der Waals surface area contributed by atoms with Crippen molar-refractivity contribution in [3.63, 3.8) is 0 Å². The summed E-state index contributed by atoms with van der Waals surface area (Å²) in [5.74, 6) is -0.136. The molecular weight excluding hydrogens is 329 g/mol. The molecular formula is C14H25Cl2N3O3. The molecule has 1 unspecified atom stereocenters. The van der Waals surface area contributed by atoms with Gasteiger partial charge in [-0.1, -0.05) is 0 Å². The quantitative estimate of drug-likeness (QED) is 0.813. The van der Waals surface area contributed by atoms with Crippen LogP contribution in [-0.4, -0.2) is 66.2 Å². The van der Waals surface area contributed by atoms with Crippen molar-refractivity contribution in [2.24, 2.45) is 0 Å². The number of carbonyl (C=O) groups is 2. The van der Waals surface area contributed by atoms with Gasteiger partial charge in [-0.2, -0.15) is 0 Å². The van der Waals surface area contributed by atoms with Gasteiger partial charge >= 0.3 is 6.09 Å². The third-order valence-electron chi connectivity index (χ3n) is 4.76. The summed E-state index contributed by atoms with van der Waals surface area (Å²) in [7, 11) is 0. The highest BCUT2D eigenvalue weighted by atomic mass is 35.5. The molecule has 0 saturated carbocycles. The van der Waals surface area contributed by atoms with E-state index in [1.54, 1.807) is 0 Å². The fraction of sp³-hybridized carbons (Fsp3) is 0.857. The van der Waals surface area contributed by atoms with Gasteiger partial charge in [-0.3, -0.25) is 9.69 Å². The molecule has 0 aromatic rings. The molecule has 1 atom stereocenters. The fourth-order valence-corrected chi connectivity index (χ4v) is 3.66. The SMILES string of the molecule is CCN1C(=O)OC2(CCCN(C3CCNCC3)C2)C1=O.Cl.Cl. The van der Waals surface area contributed by atoms with Gasteiger partial charge < -0.3 is 10.1 Å². The van der Waals surface area contributed by atoms with Crippen LogP contribution in [0.5, 0.6) is 0 Å². The minimum absolute atomic E-state index is 0. The van der Waals surface area contributed by atoms with Crippen LogP contribution in [0.3, 0.4) is 0 Å². The predicted octanol–water partition coefficient (Wildman–Crippen LogP) is 1.42. The van der Waals surface area contributed by atoms with E-state index in [0.29, 0.717) is 25.6 Å². The predicted molar refractivity (Wildman–Crippen MR) is 87.8 cm³/mol. The van der Waals surface area contributed by atoms with Crippen LogP contribution in [0, 0.1) is 0 Å². The molecule has 3 saturated heterocycles. The molecule has 6 nitrogen and oxygen atoms in total. The number of likely N-dealkylation sites (tertiary alicyclic amines) is 1. The molecule has 0 radical (unpaired) electrons. The molecule has 3 fully saturated rings. The van der Waals surface area contributed by atoms with Crippen LogP contribution in [0.4, 0.5) is 4.79 Å². The maximum atomic E-state index is 12.5. The van der Waals surface area contributed by atoms with Crippen molar-refractivity contribution in [2.45, 2.75) is 44.2 Å². The summed E-state index contributed by atoms with van der Waals surface area (Å²) in [6, 6.07) is 0.510. The Morgan fingerprint density at radius 3 is 2.55 bits per heavy atom. The Kier molecular flexibility index (Phi) is 6.92. The minimum atomic E-state index is -0.907. The number of likely N-dealkylation sites (N-methyl/N-ethyl adjacent to an activating group) is 1. The van der Waals surface area contributed by atoms with Crippen LogP contribution >= 0.6 is 24.8 Å². The van der Waals surface area contributed by atoms with E-state index in [4.69, 9.17) is 4.74 Å². The van der Waals surface area contributed by atoms with Crippen LogP contribution in [-0.2, 0) is 9.53 Å². The second kappa shape index (κ2) is 7.81. The highest BCUT2D eigenvalue weighted by molar-refractivity contribution is 6.03. The van der Waals surface area contributed by atoms with Gasteiger partial charge in [0.1, 0.15) is 0 Å². The minimum Gasteiger partial charge on any atom is -0.431 e. The van der Waals surface area contributed by atoms with E-state index in [9.17, 15) is 9.59 Å². The number of piperidine rings is 2. The number of carbonyl (C=O) groups excluding carboxylic acids is 2. The van der Waals surface area contributed by atoms with Crippen LogP contribution in [0.1, 0.15) is 32.6 Å². The van der Waals surface area contributed by atoms with Crippen LogP contribution in [0.15, 0.2) is 0 Å². The molecule has 3 aliphatic heterocycles. The van der Waals surface area contributed by atoms with Crippen molar-refractivity contribution in [1.29, 1.82) is 0 Å². The number of rotatable bonds is 2. The molecule has 0 aromatic heterocycles. The van der Waals surface area contributed by atoms with Gasteiger partial charge in [0.05, 0.1) is 0 Å². The summed E-state index contributed by atoms with van der Waals surface area (Å²) in [4.78, 5) is 27.9. The molecule has 3 rings (SSSR count). The maximum absolute atomic E-state index is 12.5. The number of halogens is 2. The van der Waals surface area contributed by atoms with Gasteiger partial charge in [-0.15, -0.1) is 24.8 Å². The van der Waals surface area contributed by atoms with Crippen molar-refractivity contribution in [2.75, 3.05) is 32.7 Å². The molecule has 3 heterocycles. The van der Waals surface area contributed by atoms with E-state index >= 15 is 0 Å². The third kappa shape index (κ3) is 3.35. The summed E-state index contributed by atoms with van der Waals surface area (Å²) >= 11 is 0. The second-order valence-corrected chi connectivity index (χ2v) is 5.97. The van der Waals surface area contributed by atoms with Crippen LogP contribution < -0.4 is 5.32 Å². The van der Waals surface area contributed by atoms with Crippen LogP contribution in [0.25, 0.3) is 0 Å². The first-order valence-corrected chi connectivity index (χ1v) is 7.66. The average molecular weight is 354 g/mol.